The Morgan fingerprint density at radius 2 is 1.74 bits per heavy atom. The van der Waals surface area contributed by atoms with Crippen molar-refractivity contribution in [2.75, 3.05) is 12.1 Å². The van der Waals surface area contributed by atoms with Crippen LogP contribution in [0.2, 0.25) is 5.02 Å². The molecule has 9 nitrogen and oxygen atoms in total. The summed E-state index contributed by atoms with van der Waals surface area (Å²) in [5, 5.41) is 16.4. The van der Waals surface area contributed by atoms with Crippen LogP contribution in [0.3, 0.4) is 0 Å². The lowest BCUT2D eigenvalue weighted by atomic mass is 9.76. The highest BCUT2D eigenvalue weighted by atomic mass is 35.5. The van der Waals surface area contributed by atoms with Crippen LogP contribution in [0.15, 0.2) is 54.6 Å². The minimum Gasteiger partial charge on any atom is -0.508 e. The van der Waals surface area contributed by atoms with Gasteiger partial charge in [0.15, 0.2) is 11.5 Å². The summed E-state index contributed by atoms with van der Waals surface area (Å²) in [6.07, 6.45) is 0.377. The lowest BCUT2D eigenvalue weighted by Crippen LogP contribution is -2.53. The molecule has 7 rings (SSSR count). The van der Waals surface area contributed by atoms with Gasteiger partial charge in [-0.2, -0.15) is 0 Å². The molecule has 3 aromatic rings. The lowest BCUT2D eigenvalue weighted by molar-refractivity contribution is -0.143. The Labute approximate surface area is 228 Å². The number of nitrogens with one attached hydrogen (secondary N) is 2. The Kier molecular flexibility index (Phi) is 5.20. The van der Waals surface area contributed by atoms with Gasteiger partial charge in [0.2, 0.25) is 24.5 Å². The third kappa shape index (κ3) is 3.46. The molecule has 0 saturated carbocycles. The van der Waals surface area contributed by atoms with Crippen molar-refractivity contribution in [2.45, 2.75) is 31.5 Å². The number of carbonyl (C=O) groups excluding carboxylic acids is 3. The maximum atomic E-state index is 14.1. The van der Waals surface area contributed by atoms with E-state index in [1.165, 1.54) is 4.90 Å². The second kappa shape index (κ2) is 8.46. The first-order chi connectivity index (χ1) is 18.8. The van der Waals surface area contributed by atoms with Gasteiger partial charge in [-0.25, -0.2) is 0 Å². The summed E-state index contributed by atoms with van der Waals surface area (Å²) in [5.41, 5.74) is 1.99. The number of fused-ring (bicyclic) bond motifs is 5. The van der Waals surface area contributed by atoms with Crippen LogP contribution in [0.5, 0.6) is 17.2 Å². The average molecular weight is 546 g/mol. The number of hydrogen-bond donors (Lipinski definition) is 3. The van der Waals surface area contributed by atoms with Gasteiger partial charge in [-0.3, -0.25) is 24.6 Å². The molecule has 39 heavy (non-hydrogen) atoms. The van der Waals surface area contributed by atoms with Crippen LogP contribution in [-0.2, 0) is 32.9 Å². The summed E-state index contributed by atoms with van der Waals surface area (Å²) in [6.45, 7) is 2.04. The van der Waals surface area contributed by atoms with Crippen molar-refractivity contribution in [1.29, 1.82) is 0 Å². The third-order valence-electron chi connectivity index (χ3n) is 8.18. The molecule has 0 aliphatic carbocycles. The average Bonchev–Trinajstić information content (AvgIpc) is 3.63. The first kappa shape index (κ1) is 24.0. The molecule has 0 radical (unpaired) electrons. The summed E-state index contributed by atoms with van der Waals surface area (Å²) < 4.78 is 10.9. The summed E-state index contributed by atoms with van der Waals surface area (Å²) in [6, 6.07) is 15.1. The molecule has 10 heteroatoms. The minimum absolute atomic E-state index is 0.0480. The topological polar surface area (TPSA) is 117 Å². The number of phenols is 1. The number of benzene rings is 3. The third-order valence-corrected chi connectivity index (χ3v) is 8.48. The van der Waals surface area contributed by atoms with Crippen molar-refractivity contribution in [1.82, 2.24) is 10.2 Å². The SMILES string of the molecule is Cc1cc(Cl)c2c(c1)C1(NC(Cc3ccc(O)cc3)[C@H]3C(=O)N(Cc4ccc5c(c4)OCO5)C(=O)[C@H]31)C(=O)N2. The van der Waals surface area contributed by atoms with Crippen LogP contribution in [0.4, 0.5) is 5.69 Å². The number of ether oxygens (including phenoxy) is 2. The van der Waals surface area contributed by atoms with Gasteiger partial charge in [0.1, 0.15) is 11.3 Å². The molecule has 3 aromatic carbocycles. The van der Waals surface area contributed by atoms with Gasteiger partial charge in [0.05, 0.1) is 29.1 Å². The highest BCUT2D eigenvalue weighted by Crippen LogP contribution is 2.55. The van der Waals surface area contributed by atoms with Crippen molar-refractivity contribution >= 4 is 35.0 Å². The standard InChI is InChI=1S/C29H24ClN3O6/c1-14-8-18-25(19(30)9-14)31-28(37)29(18)24-23(20(32-29)10-15-2-5-17(34)6-3-15)26(35)33(27(24)36)12-16-4-7-21-22(11-16)39-13-38-21/h2-9,11,20,23-24,32,34H,10,12-13H2,1H3,(H,31,37)/t20?,23-,24+,29?/m1/s1. The van der Waals surface area contributed by atoms with Gasteiger partial charge in [-0.1, -0.05) is 35.9 Å². The first-order valence-corrected chi connectivity index (χ1v) is 13.1. The smallest absolute Gasteiger partial charge is 0.250 e. The van der Waals surface area contributed by atoms with Gasteiger partial charge in [0.25, 0.3) is 0 Å². The molecule has 1 spiro atoms. The van der Waals surface area contributed by atoms with E-state index in [1.54, 1.807) is 48.5 Å². The molecule has 4 heterocycles. The molecule has 0 bridgehead atoms. The van der Waals surface area contributed by atoms with E-state index in [4.69, 9.17) is 21.1 Å². The van der Waals surface area contributed by atoms with Crippen molar-refractivity contribution in [3.63, 3.8) is 0 Å². The molecule has 4 atom stereocenters. The fourth-order valence-corrected chi connectivity index (χ4v) is 6.81. The number of carbonyl (C=O) groups is 3. The largest absolute Gasteiger partial charge is 0.508 e. The van der Waals surface area contributed by atoms with Gasteiger partial charge in [-0.15, -0.1) is 0 Å². The number of anilines is 1. The van der Waals surface area contributed by atoms with Crippen LogP contribution in [0.25, 0.3) is 0 Å². The second-order valence-corrected chi connectivity index (χ2v) is 10.9. The normalized spacial score (nSPS) is 26.4. The highest BCUT2D eigenvalue weighted by Gasteiger charge is 2.70. The van der Waals surface area contributed by atoms with Crippen molar-refractivity contribution in [3.05, 3.63) is 81.9 Å². The number of likely N-dealkylation sites (tertiary alicyclic amines) is 1. The Balaban J connectivity index is 1.31. The quantitative estimate of drug-likeness (QED) is 0.431. The van der Waals surface area contributed by atoms with E-state index < -0.39 is 35.2 Å². The molecular formula is C29H24ClN3O6. The molecule has 0 aromatic heterocycles. The Hall–Kier alpha value is -4.08. The number of aryl methyl sites for hydroxylation is 1. The Bertz CT molecular complexity index is 1570. The highest BCUT2D eigenvalue weighted by molar-refractivity contribution is 6.35. The predicted molar refractivity (Wildman–Crippen MR) is 140 cm³/mol. The summed E-state index contributed by atoms with van der Waals surface area (Å²) in [5.74, 6) is -1.60. The van der Waals surface area contributed by atoms with Gasteiger partial charge >= 0.3 is 0 Å². The fourth-order valence-electron chi connectivity index (χ4n) is 6.49. The molecule has 4 aliphatic heterocycles. The lowest BCUT2D eigenvalue weighted by Gasteiger charge is -2.30. The zero-order valence-electron chi connectivity index (χ0n) is 20.9. The van der Waals surface area contributed by atoms with E-state index in [2.05, 4.69) is 10.6 Å². The summed E-state index contributed by atoms with van der Waals surface area (Å²) >= 11 is 6.52. The number of rotatable bonds is 4. The Morgan fingerprint density at radius 3 is 2.54 bits per heavy atom. The molecule has 3 N–H and O–H groups in total. The first-order valence-electron chi connectivity index (χ1n) is 12.7. The van der Waals surface area contributed by atoms with Crippen LogP contribution in [0.1, 0.15) is 22.3 Å². The second-order valence-electron chi connectivity index (χ2n) is 10.5. The maximum absolute atomic E-state index is 14.1. The van der Waals surface area contributed by atoms with Gasteiger partial charge < -0.3 is 19.9 Å². The van der Waals surface area contributed by atoms with Crippen LogP contribution >= 0.6 is 11.6 Å². The zero-order valence-corrected chi connectivity index (χ0v) is 21.6. The van der Waals surface area contributed by atoms with E-state index >= 15 is 0 Å². The molecular weight excluding hydrogens is 522 g/mol. The molecule has 2 unspecified atom stereocenters. The van der Waals surface area contributed by atoms with Crippen LogP contribution in [-0.4, -0.2) is 40.6 Å². The van der Waals surface area contributed by atoms with E-state index in [0.717, 1.165) is 11.1 Å². The minimum atomic E-state index is -1.45. The van der Waals surface area contributed by atoms with E-state index in [-0.39, 0.29) is 25.0 Å². The molecule has 4 aliphatic rings. The number of phenolic OH excluding ortho intramolecular Hbond substituents is 1. The van der Waals surface area contributed by atoms with E-state index in [1.807, 2.05) is 13.0 Å². The summed E-state index contributed by atoms with van der Waals surface area (Å²) in [4.78, 5) is 43.1. The number of nitrogens with zero attached hydrogens (tertiary/aromatic N) is 1. The zero-order chi connectivity index (χ0) is 27.1. The summed E-state index contributed by atoms with van der Waals surface area (Å²) in [7, 11) is 0. The van der Waals surface area contributed by atoms with E-state index in [9.17, 15) is 19.5 Å². The van der Waals surface area contributed by atoms with Crippen LogP contribution in [0, 0.1) is 18.8 Å². The van der Waals surface area contributed by atoms with Crippen molar-refractivity contribution < 1.29 is 29.0 Å². The Morgan fingerprint density at radius 1 is 1.00 bits per heavy atom. The molecule has 2 fully saturated rings. The van der Waals surface area contributed by atoms with Crippen molar-refractivity contribution in [2.24, 2.45) is 11.8 Å². The van der Waals surface area contributed by atoms with Gasteiger partial charge in [0, 0.05) is 11.6 Å². The van der Waals surface area contributed by atoms with Gasteiger partial charge in [-0.05, 0) is 60.4 Å². The number of halogens is 1. The number of imide groups is 1. The van der Waals surface area contributed by atoms with Crippen LogP contribution < -0.4 is 20.1 Å². The molecule has 2 saturated heterocycles. The molecule has 3 amide bonds. The number of aromatic hydroxyl groups is 1. The number of hydrogen-bond acceptors (Lipinski definition) is 7. The number of amides is 3. The van der Waals surface area contributed by atoms with Crippen molar-refractivity contribution in [3.8, 4) is 17.2 Å². The maximum Gasteiger partial charge on any atom is 0.250 e. The predicted octanol–water partition coefficient (Wildman–Crippen LogP) is 3.25. The molecule has 198 valence electrons. The fraction of sp³-hybridized carbons (Fsp3) is 0.276. The van der Waals surface area contributed by atoms with E-state index in [0.29, 0.717) is 39.8 Å². The monoisotopic (exact) mass is 545 g/mol.